The van der Waals surface area contributed by atoms with Gasteiger partial charge in [0, 0.05) is 13.1 Å². The number of nitrogens with zero attached hydrogens (tertiary/aromatic N) is 1. The summed E-state index contributed by atoms with van der Waals surface area (Å²) in [4.78, 5) is 38.5. The number of nitrogens with one attached hydrogen (secondary N) is 2. The molecule has 2 aliphatic heterocycles. The summed E-state index contributed by atoms with van der Waals surface area (Å²) in [7, 11) is 0. The molecule has 1 aromatic rings. The maximum atomic E-state index is 12.6. The Balaban J connectivity index is 1.55. The summed E-state index contributed by atoms with van der Waals surface area (Å²) in [5.74, 6) is -0.423. The molecule has 2 fully saturated rings. The number of amides is 3. The Kier molecular flexibility index (Phi) is 6.09. The number of carbonyl (C=O) groups excluding carboxylic acids is 3. The van der Waals surface area contributed by atoms with E-state index in [1.165, 1.54) is 4.90 Å². The molecule has 2 saturated heterocycles. The third-order valence-corrected chi connectivity index (χ3v) is 4.85. The number of hydrogen-bond acceptors (Lipinski definition) is 4. The molecular weight excluding hydrogens is 334 g/mol. The smallest absolute Gasteiger partial charge is 0.410 e. The van der Waals surface area contributed by atoms with E-state index in [-0.39, 0.29) is 18.4 Å². The van der Waals surface area contributed by atoms with E-state index >= 15 is 0 Å². The summed E-state index contributed by atoms with van der Waals surface area (Å²) in [6, 6.07) is 8.33. The Hall–Kier alpha value is -2.57. The van der Waals surface area contributed by atoms with Crippen LogP contribution in [0.25, 0.3) is 0 Å². The minimum Gasteiger partial charge on any atom is -0.445 e. The lowest BCUT2D eigenvalue weighted by atomic mass is 10.1. The second-order valence-electron chi connectivity index (χ2n) is 6.74. The van der Waals surface area contributed by atoms with E-state index in [0.29, 0.717) is 25.9 Å². The molecule has 2 N–H and O–H groups in total. The van der Waals surface area contributed by atoms with Gasteiger partial charge in [-0.25, -0.2) is 4.79 Å². The topological polar surface area (TPSA) is 87.7 Å². The van der Waals surface area contributed by atoms with Crippen molar-refractivity contribution in [2.75, 3.05) is 13.1 Å². The van der Waals surface area contributed by atoms with E-state index in [2.05, 4.69) is 10.6 Å². The first kappa shape index (κ1) is 18.2. The highest BCUT2D eigenvalue weighted by Gasteiger charge is 2.36. The number of hydrogen-bond donors (Lipinski definition) is 2. The molecule has 2 atom stereocenters. The van der Waals surface area contributed by atoms with E-state index < -0.39 is 18.2 Å². The molecule has 0 unspecified atom stereocenters. The van der Waals surface area contributed by atoms with Crippen molar-refractivity contribution >= 4 is 17.9 Å². The van der Waals surface area contributed by atoms with Gasteiger partial charge in [-0.05, 0) is 37.7 Å². The third kappa shape index (κ3) is 4.53. The Morgan fingerprint density at radius 3 is 2.77 bits per heavy atom. The summed E-state index contributed by atoms with van der Waals surface area (Å²) in [6.45, 7) is 1.31. The van der Waals surface area contributed by atoms with Crippen LogP contribution < -0.4 is 10.6 Å². The van der Waals surface area contributed by atoms with Crippen LogP contribution in [0, 0.1) is 0 Å². The SMILES string of the molecule is O=C1NCCCC[C@@H]1NC(=O)[C@@H]1CCCN1C(=O)OCc1ccccc1. The average molecular weight is 359 g/mol. The maximum Gasteiger partial charge on any atom is 0.410 e. The highest BCUT2D eigenvalue weighted by atomic mass is 16.6. The van der Waals surface area contributed by atoms with E-state index in [0.717, 1.165) is 24.8 Å². The van der Waals surface area contributed by atoms with Crippen LogP contribution in [0.5, 0.6) is 0 Å². The molecule has 0 saturated carbocycles. The largest absolute Gasteiger partial charge is 0.445 e. The predicted molar refractivity (Wildman–Crippen MR) is 95.1 cm³/mol. The fraction of sp³-hybridized carbons (Fsp3) is 0.526. The summed E-state index contributed by atoms with van der Waals surface area (Å²) in [5.41, 5.74) is 0.899. The monoisotopic (exact) mass is 359 g/mol. The molecule has 0 aromatic heterocycles. The molecule has 7 heteroatoms. The van der Waals surface area contributed by atoms with Gasteiger partial charge < -0.3 is 15.4 Å². The molecule has 2 aliphatic rings. The minimum atomic E-state index is -0.575. The highest BCUT2D eigenvalue weighted by Crippen LogP contribution is 2.20. The molecule has 3 rings (SSSR count). The summed E-state index contributed by atoms with van der Waals surface area (Å²) >= 11 is 0. The van der Waals surface area contributed by atoms with Gasteiger partial charge in [0.2, 0.25) is 11.8 Å². The van der Waals surface area contributed by atoms with Crippen LogP contribution in [0.15, 0.2) is 30.3 Å². The Morgan fingerprint density at radius 2 is 1.96 bits per heavy atom. The van der Waals surface area contributed by atoms with Crippen LogP contribution >= 0.6 is 0 Å². The van der Waals surface area contributed by atoms with Gasteiger partial charge in [0.05, 0.1) is 0 Å². The fourth-order valence-electron chi connectivity index (χ4n) is 3.41. The van der Waals surface area contributed by atoms with Crippen LogP contribution in [0.2, 0.25) is 0 Å². The molecule has 140 valence electrons. The minimum absolute atomic E-state index is 0.146. The molecule has 1 aromatic carbocycles. The number of benzene rings is 1. The van der Waals surface area contributed by atoms with Crippen molar-refractivity contribution in [3.8, 4) is 0 Å². The Labute approximate surface area is 153 Å². The molecule has 0 bridgehead atoms. The van der Waals surface area contributed by atoms with Crippen molar-refractivity contribution in [1.29, 1.82) is 0 Å². The van der Waals surface area contributed by atoms with Gasteiger partial charge in [0.15, 0.2) is 0 Å². The van der Waals surface area contributed by atoms with Crippen molar-refractivity contribution in [3.63, 3.8) is 0 Å². The summed E-state index contributed by atoms with van der Waals surface area (Å²) in [6.07, 6.45) is 3.27. The number of rotatable bonds is 4. The fourth-order valence-corrected chi connectivity index (χ4v) is 3.41. The predicted octanol–water partition coefficient (Wildman–Crippen LogP) is 1.57. The van der Waals surface area contributed by atoms with Gasteiger partial charge in [-0.1, -0.05) is 30.3 Å². The van der Waals surface area contributed by atoms with Gasteiger partial charge in [0.25, 0.3) is 0 Å². The van der Waals surface area contributed by atoms with Crippen LogP contribution in [0.1, 0.15) is 37.7 Å². The van der Waals surface area contributed by atoms with Gasteiger partial charge in [-0.2, -0.15) is 0 Å². The molecule has 0 aliphatic carbocycles. The van der Waals surface area contributed by atoms with Gasteiger partial charge in [-0.3, -0.25) is 14.5 Å². The number of likely N-dealkylation sites (tertiary alicyclic amines) is 1. The highest BCUT2D eigenvalue weighted by molar-refractivity contribution is 5.91. The van der Waals surface area contributed by atoms with Crippen molar-refractivity contribution in [2.24, 2.45) is 0 Å². The first-order valence-corrected chi connectivity index (χ1v) is 9.20. The standard InChI is InChI=1S/C19H25N3O4/c23-17-15(9-4-5-11-20-17)21-18(24)16-10-6-12-22(16)19(25)26-13-14-7-2-1-3-8-14/h1-3,7-8,15-16H,4-6,9-13H2,(H,20,23)(H,21,24)/t15-,16-/m0/s1. The zero-order valence-electron chi connectivity index (χ0n) is 14.8. The first-order chi connectivity index (χ1) is 12.6. The Bertz CT molecular complexity index is 649. The van der Waals surface area contributed by atoms with Crippen LogP contribution in [-0.4, -0.2) is 48.0 Å². The van der Waals surface area contributed by atoms with Crippen LogP contribution in [-0.2, 0) is 20.9 Å². The van der Waals surface area contributed by atoms with Crippen molar-refractivity contribution in [1.82, 2.24) is 15.5 Å². The average Bonchev–Trinajstić information content (AvgIpc) is 3.07. The second-order valence-corrected chi connectivity index (χ2v) is 6.74. The molecule has 26 heavy (non-hydrogen) atoms. The molecule has 3 amide bonds. The quantitative estimate of drug-likeness (QED) is 0.854. The third-order valence-electron chi connectivity index (χ3n) is 4.85. The lowest BCUT2D eigenvalue weighted by molar-refractivity contribution is -0.131. The maximum absolute atomic E-state index is 12.6. The molecule has 0 spiro atoms. The number of carbonyl (C=O) groups is 3. The first-order valence-electron chi connectivity index (χ1n) is 9.20. The zero-order valence-corrected chi connectivity index (χ0v) is 14.8. The Morgan fingerprint density at radius 1 is 1.15 bits per heavy atom. The van der Waals surface area contributed by atoms with Gasteiger partial charge in [-0.15, -0.1) is 0 Å². The summed E-state index contributed by atoms with van der Waals surface area (Å²) < 4.78 is 5.35. The van der Waals surface area contributed by atoms with Crippen molar-refractivity contribution < 1.29 is 19.1 Å². The lowest BCUT2D eigenvalue weighted by Crippen LogP contribution is -2.52. The van der Waals surface area contributed by atoms with E-state index in [1.54, 1.807) is 0 Å². The summed E-state index contributed by atoms with van der Waals surface area (Å²) in [5, 5.41) is 5.61. The van der Waals surface area contributed by atoms with Crippen molar-refractivity contribution in [2.45, 2.75) is 50.8 Å². The van der Waals surface area contributed by atoms with E-state index in [1.807, 2.05) is 30.3 Å². The molecule has 2 heterocycles. The molecular formula is C19H25N3O4. The van der Waals surface area contributed by atoms with Gasteiger partial charge >= 0.3 is 6.09 Å². The van der Waals surface area contributed by atoms with Crippen LogP contribution in [0.4, 0.5) is 4.79 Å². The van der Waals surface area contributed by atoms with Crippen LogP contribution in [0.3, 0.4) is 0 Å². The number of ether oxygens (including phenoxy) is 1. The molecule has 7 nitrogen and oxygen atoms in total. The van der Waals surface area contributed by atoms with Gasteiger partial charge in [0.1, 0.15) is 18.7 Å². The van der Waals surface area contributed by atoms with E-state index in [4.69, 9.17) is 4.74 Å². The molecule has 0 radical (unpaired) electrons. The second kappa shape index (κ2) is 8.69. The zero-order chi connectivity index (χ0) is 18.4. The normalized spacial score (nSPS) is 23.1. The van der Waals surface area contributed by atoms with Crippen molar-refractivity contribution in [3.05, 3.63) is 35.9 Å². The lowest BCUT2D eigenvalue weighted by Gasteiger charge is -2.25. The van der Waals surface area contributed by atoms with E-state index in [9.17, 15) is 14.4 Å².